The van der Waals surface area contributed by atoms with Gasteiger partial charge in [-0.05, 0) is 211 Å². The van der Waals surface area contributed by atoms with Crippen molar-refractivity contribution in [1.82, 2.24) is 15.0 Å². The standard InChI is InChI=1S/C93H82BN5/c1-90(2,3)74-53-75(91(4,5)6)56-78(55-74)98-82-49-65-39-27-25-37-63(65)47-80(82)94-81-48-64-38-26-28-40-66(64)50-83(81)99(79-57-76(92(7,8)9)54-77(58-79)93(10,11)12)85-52-73(51-84(98)86(85)94)89-96-87(71-43-67(59-29-17-13-18-30-59)41-68(44-71)60-31-19-14-20-32-60)95-88(97-89)72-45-69(61-33-21-15-22-34-61)42-70(46-72)62-35-23-16-24-36-62/h13-58H,1-12H3. The lowest BCUT2D eigenvalue weighted by molar-refractivity contribution is 0.568. The maximum Gasteiger partial charge on any atom is 0.252 e. The van der Waals surface area contributed by atoms with E-state index in [2.05, 4.69) is 372 Å². The number of fused-ring (bicyclic) bond motifs is 6. The number of hydrogen-bond acceptors (Lipinski definition) is 5. The van der Waals surface area contributed by atoms with Crippen LogP contribution in [0.2, 0.25) is 0 Å². The Hall–Kier alpha value is -10.9. The number of aromatic nitrogens is 3. The smallest absolute Gasteiger partial charge is 0.252 e. The lowest BCUT2D eigenvalue weighted by atomic mass is 9.33. The van der Waals surface area contributed by atoms with Crippen LogP contribution in [0.4, 0.5) is 34.1 Å². The SMILES string of the molecule is CC(C)(C)c1cc(N2c3cc4ccccc4cc3B3c4cc5ccccc5cc4N(c4cc(C(C)(C)C)cc(C(C)(C)C)c4)c4cc(-c5nc(-c6cc(-c7ccccc7)cc(-c7ccccc7)c6)nc(-c6cc(-c7ccccc7)cc(-c7ccccc7)c6)n5)cc2c43)cc(C(C)(C)C)c1. The van der Waals surface area contributed by atoms with Crippen molar-refractivity contribution in [3.05, 3.63) is 301 Å². The lowest BCUT2D eigenvalue weighted by Gasteiger charge is -2.45. The van der Waals surface area contributed by atoms with E-state index in [1.807, 2.05) is 0 Å². The molecule has 0 spiro atoms. The van der Waals surface area contributed by atoms with E-state index in [0.717, 1.165) is 95.3 Å². The first-order chi connectivity index (χ1) is 47.5. The van der Waals surface area contributed by atoms with Crippen LogP contribution in [0.3, 0.4) is 0 Å². The highest BCUT2D eigenvalue weighted by Crippen LogP contribution is 2.50. The molecule has 0 N–H and O–H groups in total. The van der Waals surface area contributed by atoms with Crippen LogP contribution in [-0.4, -0.2) is 21.7 Å². The Labute approximate surface area is 584 Å². The van der Waals surface area contributed by atoms with E-state index in [9.17, 15) is 0 Å². The first-order valence-electron chi connectivity index (χ1n) is 35.0. The fraction of sp³-hybridized carbons (Fsp3) is 0.172. The summed E-state index contributed by atoms with van der Waals surface area (Å²) in [5, 5.41) is 4.78. The third kappa shape index (κ3) is 11.8. The van der Waals surface area contributed by atoms with Crippen molar-refractivity contribution in [2.75, 3.05) is 9.80 Å². The van der Waals surface area contributed by atoms with Crippen molar-refractivity contribution < 1.29 is 0 Å². The van der Waals surface area contributed by atoms with Gasteiger partial charge in [0.15, 0.2) is 17.5 Å². The van der Waals surface area contributed by atoms with Crippen LogP contribution < -0.4 is 26.2 Å². The zero-order valence-corrected chi connectivity index (χ0v) is 58.9. The molecule has 13 aromatic carbocycles. The summed E-state index contributed by atoms with van der Waals surface area (Å²) in [7, 11) is 0. The molecule has 0 bridgehead atoms. The zero-order valence-electron chi connectivity index (χ0n) is 58.9. The predicted octanol–water partition coefficient (Wildman–Crippen LogP) is 23.1. The highest BCUT2D eigenvalue weighted by atomic mass is 15.2. The Morgan fingerprint density at radius 1 is 0.232 bits per heavy atom. The third-order valence-corrected chi connectivity index (χ3v) is 20.3. The maximum absolute atomic E-state index is 5.88. The van der Waals surface area contributed by atoms with Gasteiger partial charge in [0.05, 0.1) is 0 Å². The quantitative estimate of drug-likeness (QED) is 0.135. The maximum atomic E-state index is 5.88. The van der Waals surface area contributed by atoms with Crippen molar-refractivity contribution >= 4 is 78.8 Å². The Kier molecular flexibility index (Phi) is 15.2. The summed E-state index contributed by atoms with van der Waals surface area (Å²) < 4.78 is 0. The molecule has 1 aromatic heterocycles. The lowest BCUT2D eigenvalue weighted by Crippen LogP contribution is -2.61. The molecular weight excluding hydrogens is 1200 g/mol. The fourth-order valence-corrected chi connectivity index (χ4v) is 14.7. The summed E-state index contributed by atoms with van der Waals surface area (Å²) in [4.78, 5) is 22.7. The fourth-order valence-electron chi connectivity index (χ4n) is 14.7. The molecule has 5 nitrogen and oxygen atoms in total. The molecule has 16 rings (SSSR count). The topological polar surface area (TPSA) is 45.2 Å². The van der Waals surface area contributed by atoms with Gasteiger partial charge in [-0.25, -0.2) is 15.0 Å². The van der Waals surface area contributed by atoms with Gasteiger partial charge >= 0.3 is 0 Å². The molecule has 0 aliphatic carbocycles. The molecule has 99 heavy (non-hydrogen) atoms. The van der Waals surface area contributed by atoms with Crippen LogP contribution in [-0.2, 0) is 21.7 Å². The van der Waals surface area contributed by atoms with Crippen LogP contribution >= 0.6 is 0 Å². The highest BCUT2D eigenvalue weighted by molar-refractivity contribution is 7.00. The van der Waals surface area contributed by atoms with Gasteiger partial charge in [0.1, 0.15) is 0 Å². The van der Waals surface area contributed by atoms with Crippen molar-refractivity contribution in [2.45, 2.75) is 105 Å². The molecule has 0 saturated heterocycles. The molecule has 0 amide bonds. The summed E-state index contributed by atoms with van der Waals surface area (Å²) >= 11 is 0. The zero-order chi connectivity index (χ0) is 68.3. The van der Waals surface area contributed by atoms with Crippen LogP contribution in [0.1, 0.15) is 105 Å². The average molecular weight is 1280 g/mol. The van der Waals surface area contributed by atoms with Crippen LogP contribution in [0.25, 0.3) is 100 Å². The molecule has 6 heteroatoms. The minimum Gasteiger partial charge on any atom is -0.311 e. The van der Waals surface area contributed by atoms with Crippen LogP contribution in [0.15, 0.2) is 279 Å². The van der Waals surface area contributed by atoms with Gasteiger partial charge < -0.3 is 9.80 Å². The van der Waals surface area contributed by atoms with Gasteiger partial charge in [-0.1, -0.05) is 277 Å². The van der Waals surface area contributed by atoms with E-state index in [1.165, 1.54) is 60.2 Å². The molecule has 2 aliphatic rings. The Morgan fingerprint density at radius 3 is 0.768 bits per heavy atom. The Bertz CT molecular complexity index is 4970. The number of benzene rings is 13. The van der Waals surface area contributed by atoms with Crippen molar-refractivity contribution in [1.29, 1.82) is 0 Å². The summed E-state index contributed by atoms with van der Waals surface area (Å²) in [5.41, 5.74) is 26.2. The van der Waals surface area contributed by atoms with Crippen molar-refractivity contribution in [3.63, 3.8) is 0 Å². The average Bonchev–Trinajstić information content (AvgIpc) is 0.690. The monoisotopic (exact) mass is 1280 g/mol. The van der Waals surface area contributed by atoms with Crippen molar-refractivity contribution in [2.24, 2.45) is 0 Å². The summed E-state index contributed by atoms with van der Waals surface area (Å²) in [6.45, 7) is 28.0. The largest absolute Gasteiger partial charge is 0.311 e. The van der Waals surface area contributed by atoms with E-state index in [4.69, 9.17) is 15.0 Å². The van der Waals surface area contributed by atoms with Gasteiger partial charge in [0.25, 0.3) is 6.71 Å². The minimum absolute atomic E-state index is 0.171. The molecule has 3 heterocycles. The second kappa shape index (κ2) is 24.0. The molecule has 0 unspecified atom stereocenters. The highest BCUT2D eigenvalue weighted by Gasteiger charge is 2.45. The number of rotatable bonds is 9. The molecule has 14 aromatic rings. The van der Waals surface area contributed by atoms with Gasteiger partial charge in [-0.15, -0.1) is 0 Å². The molecule has 482 valence electrons. The van der Waals surface area contributed by atoms with E-state index in [-0.39, 0.29) is 28.4 Å². The molecule has 0 radical (unpaired) electrons. The van der Waals surface area contributed by atoms with Gasteiger partial charge in [-0.3, -0.25) is 0 Å². The number of anilines is 6. The van der Waals surface area contributed by atoms with Crippen LogP contribution in [0.5, 0.6) is 0 Å². The summed E-state index contributed by atoms with van der Waals surface area (Å²) in [6, 6.07) is 104. The number of hydrogen-bond donors (Lipinski definition) is 0. The van der Waals surface area contributed by atoms with E-state index < -0.39 is 0 Å². The second-order valence-corrected chi connectivity index (χ2v) is 31.5. The van der Waals surface area contributed by atoms with E-state index in [1.54, 1.807) is 0 Å². The molecular formula is C93H82BN5. The molecule has 0 saturated carbocycles. The second-order valence-electron chi connectivity index (χ2n) is 31.5. The Balaban J connectivity index is 1.07. The van der Waals surface area contributed by atoms with E-state index >= 15 is 0 Å². The molecule has 0 fully saturated rings. The van der Waals surface area contributed by atoms with E-state index in [0.29, 0.717) is 17.5 Å². The first kappa shape index (κ1) is 62.8. The summed E-state index contributed by atoms with van der Waals surface area (Å²) in [5.74, 6) is 1.71. The third-order valence-electron chi connectivity index (χ3n) is 20.3. The summed E-state index contributed by atoms with van der Waals surface area (Å²) in [6.07, 6.45) is 0. The van der Waals surface area contributed by atoms with Crippen LogP contribution in [0, 0.1) is 0 Å². The normalized spacial score (nSPS) is 13.0. The predicted molar refractivity (Wildman–Crippen MR) is 422 cm³/mol. The van der Waals surface area contributed by atoms with Crippen molar-refractivity contribution in [3.8, 4) is 78.7 Å². The first-order valence-corrected chi connectivity index (χ1v) is 35.0. The Morgan fingerprint density at radius 2 is 0.485 bits per heavy atom. The molecule has 0 atom stereocenters. The number of nitrogens with zero attached hydrogens (tertiary/aromatic N) is 5. The van der Waals surface area contributed by atoms with Gasteiger partial charge in [0, 0.05) is 50.8 Å². The van der Waals surface area contributed by atoms with Gasteiger partial charge in [-0.2, -0.15) is 0 Å². The minimum atomic E-state index is -0.185. The molecule has 2 aliphatic heterocycles. The van der Waals surface area contributed by atoms with Gasteiger partial charge in [0.2, 0.25) is 0 Å².